The van der Waals surface area contributed by atoms with Gasteiger partial charge in [0.15, 0.2) is 0 Å². The van der Waals surface area contributed by atoms with Gasteiger partial charge in [-0.2, -0.15) is 5.10 Å². The standard InChI is InChI=1S/C13H23N5O/c1-9-7-14-5-6-18(9)8-12(19)15-13-10(2)16-17(4)11(13)3/h9,14H,5-8H2,1-4H3,(H,15,19)/t9-/m0/s1. The smallest absolute Gasteiger partial charge is 0.238 e. The van der Waals surface area contributed by atoms with Gasteiger partial charge in [0.05, 0.1) is 23.6 Å². The molecule has 106 valence electrons. The number of piperazine rings is 1. The summed E-state index contributed by atoms with van der Waals surface area (Å²) in [4.78, 5) is 14.3. The van der Waals surface area contributed by atoms with Crippen LogP contribution in [0.3, 0.4) is 0 Å². The Morgan fingerprint density at radius 1 is 1.53 bits per heavy atom. The zero-order valence-corrected chi connectivity index (χ0v) is 12.2. The van der Waals surface area contributed by atoms with Gasteiger partial charge in [0, 0.05) is 32.7 Å². The van der Waals surface area contributed by atoms with E-state index in [9.17, 15) is 4.79 Å². The minimum Gasteiger partial charge on any atom is -0.322 e. The van der Waals surface area contributed by atoms with Crippen molar-refractivity contribution in [1.82, 2.24) is 20.0 Å². The first-order valence-corrected chi connectivity index (χ1v) is 6.74. The van der Waals surface area contributed by atoms with Crippen LogP contribution >= 0.6 is 0 Å². The Morgan fingerprint density at radius 2 is 2.26 bits per heavy atom. The number of carbonyl (C=O) groups is 1. The molecule has 1 fully saturated rings. The Balaban J connectivity index is 1.97. The normalized spacial score (nSPS) is 20.5. The maximum Gasteiger partial charge on any atom is 0.238 e. The molecule has 0 aromatic carbocycles. The zero-order valence-electron chi connectivity index (χ0n) is 12.2. The van der Waals surface area contributed by atoms with E-state index in [2.05, 4.69) is 27.6 Å². The van der Waals surface area contributed by atoms with Crippen LogP contribution in [-0.4, -0.2) is 52.8 Å². The molecule has 1 aliphatic heterocycles. The fourth-order valence-corrected chi connectivity index (χ4v) is 2.44. The van der Waals surface area contributed by atoms with Gasteiger partial charge in [-0.25, -0.2) is 0 Å². The number of amides is 1. The highest BCUT2D eigenvalue weighted by molar-refractivity contribution is 5.93. The summed E-state index contributed by atoms with van der Waals surface area (Å²) in [5.74, 6) is 0.0351. The summed E-state index contributed by atoms with van der Waals surface area (Å²) in [6.45, 7) is 9.26. The van der Waals surface area contributed by atoms with Crippen molar-refractivity contribution in [2.24, 2.45) is 7.05 Å². The number of hydrogen-bond donors (Lipinski definition) is 2. The third kappa shape index (κ3) is 3.13. The predicted molar refractivity (Wildman–Crippen MR) is 75.2 cm³/mol. The van der Waals surface area contributed by atoms with Crippen molar-refractivity contribution >= 4 is 11.6 Å². The van der Waals surface area contributed by atoms with Gasteiger partial charge >= 0.3 is 0 Å². The molecule has 1 aliphatic rings. The SMILES string of the molecule is Cc1nn(C)c(C)c1NC(=O)CN1CCNC[C@@H]1C. The lowest BCUT2D eigenvalue weighted by Gasteiger charge is -2.33. The van der Waals surface area contributed by atoms with Crippen molar-refractivity contribution in [2.75, 3.05) is 31.5 Å². The molecule has 0 radical (unpaired) electrons. The molecule has 2 heterocycles. The quantitative estimate of drug-likeness (QED) is 0.823. The van der Waals surface area contributed by atoms with E-state index in [1.807, 2.05) is 20.9 Å². The van der Waals surface area contributed by atoms with E-state index in [0.717, 1.165) is 36.7 Å². The second-order valence-corrected chi connectivity index (χ2v) is 5.24. The molecule has 6 nitrogen and oxygen atoms in total. The Bertz CT molecular complexity index is 468. The number of hydrogen-bond acceptors (Lipinski definition) is 4. The largest absolute Gasteiger partial charge is 0.322 e. The molecule has 0 saturated carbocycles. The highest BCUT2D eigenvalue weighted by Crippen LogP contribution is 2.18. The van der Waals surface area contributed by atoms with Crippen LogP contribution in [0.25, 0.3) is 0 Å². The van der Waals surface area contributed by atoms with Gasteiger partial charge < -0.3 is 10.6 Å². The summed E-state index contributed by atoms with van der Waals surface area (Å²) < 4.78 is 1.79. The minimum atomic E-state index is 0.0351. The van der Waals surface area contributed by atoms with Gasteiger partial charge in [0.25, 0.3) is 0 Å². The van der Waals surface area contributed by atoms with Crippen molar-refractivity contribution in [1.29, 1.82) is 0 Å². The summed E-state index contributed by atoms with van der Waals surface area (Å²) in [5, 5.41) is 10.6. The van der Waals surface area contributed by atoms with Crippen molar-refractivity contribution in [2.45, 2.75) is 26.8 Å². The molecule has 0 unspecified atom stereocenters. The maximum absolute atomic E-state index is 12.1. The Labute approximate surface area is 114 Å². The van der Waals surface area contributed by atoms with Gasteiger partial charge in [-0.3, -0.25) is 14.4 Å². The summed E-state index contributed by atoms with van der Waals surface area (Å²) >= 11 is 0. The van der Waals surface area contributed by atoms with Crippen LogP contribution in [0.15, 0.2) is 0 Å². The first-order valence-electron chi connectivity index (χ1n) is 6.74. The second-order valence-electron chi connectivity index (χ2n) is 5.24. The molecule has 2 rings (SSSR count). The number of carbonyl (C=O) groups excluding carboxylic acids is 1. The number of aromatic nitrogens is 2. The van der Waals surface area contributed by atoms with Crippen LogP contribution in [0.5, 0.6) is 0 Å². The number of nitrogens with one attached hydrogen (secondary N) is 2. The van der Waals surface area contributed by atoms with Gasteiger partial charge in [-0.05, 0) is 20.8 Å². The second kappa shape index (κ2) is 5.71. The number of rotatable bonds is 3. The molecule has 0 bridgehead atoms. The lowest BCUT2D eigenvalue weighted by Crippen LogP contribution is -2.52. The van der Waals surface area contributed by atoms with Crippen LogP contribution in [-0.2, 0) is 11.8 Å². The highest BCUT2D eigenvalue weighted by atomic mass is 16.2. The summed E-state index contributed by atoms with van der Waals surface area (Å²) in [5.41, 5.74) is 2.69. The summed E-state index contributed by atoms with van der Waals surface area (Å²) in [7, 11) is 1.89. The van der Waals surface area contributed by atoms with Crippen LogP contribution in [0, 0.1) is 13.8 Å². The van der Waals surface area contributed by atoms with Crippen molar-refractivity contribution in [3.63, 3.8) is 0 Å². The van der Waals surface area contributed by atoms with Gasteiger partial charge in [-0.1, -0.05) is 0 Å². The molecule has 6 heteroatoms. The maximum atomic E-state index is 12.1. The van der Waals surface area contributed by atoms with Crippen molar-refractivity contribution in [3.05, 3.63) is 11.4 Å². The van der Waals surface area contributed by atoms with E-state index in [0.29, 0.717) is 12.6 Å². The van der Waals surface area contributed by atoms with Crippen LogP contribution in [0.2, 0.25) is 0 Å². The summed E-state index contributed by atoms with van der Waals surface area (Å²) in [6.07, 6.45) is 0. The molecule has 0 aliphatic carbocycles. The van der Waals surface area contributed by atoms with Gasteiger partial charge in [0.2, 0.25) is 5.91 Å². The first-order chi connectivity index (χ1) is 8.99. The van der Waals surface area contributed by atoms with E-state index in [1.165, 1.54) is 0 Å². The number of anilines is 1. The lowest BCUT2D eigenvalue weighted by molar-refractivity contribution is -0.118. The Hall–Kier alpha value is -1.40. The topological polar surface area (TPSA) is 62.2 Å². The molecular weight excluding hydrogens is 242 g/mol. The molecule has 19 heavy (non-hydrogen) atoms. The molecule has 1 aromatic heterocycles. The van der Waals surface area contributed by atoms with Gasteiger partial charge in [0.1, 0.15) is 0 Å². The molecule has 1 atom stereocenters. The molecule has 1 saturated heterocycles. The third-order valence-electron chi connectivity index (χ3n) is 3.76. The molecule has 1 aromatic rings. The molecule has 1 amide bonds. The first kappa shape index (κ1) is 14.0. The zero-order chi connectivity index (χ0) is 14.0. The van der Waals surface area contributed by atoms with E-state index in [1.54, 1.807) is 4.68 Å². The van der Waals surface area contributed by atoms with Crippen LogP contribution in [0.1, 0.15) is 18.3 Å². The fourth-order valence-electron chi connectivity index (χ4n) is 2.44. The Morgan fingerprint density at radius 3 is 2.84 bits per heavy atom. The molecular formula is C13H23N5O. The third-order valence-corrected chi connectivity index (χ3v) is 3.76. The van der Waals surface area contributed by atoms with E-state index in [4.69, 9.17) is 0 Å². The Kier molecular flexibility index (Phi) is 4.21. The van der Waals surface area contributed by atoms with Crippen LogP contribution < -0.4 is 10.6 Å². The average Bonchev–Trinajstić information content (AvgIpc) is 2.59. The van der Waals surface area contributed by atoms with Gasteiger partial charge in [-0.15, -0.1) is 0 Å². The predicted octanol–water partition coefficient (Wildman–Crippen LogP) is 0.269. The monoisotopic (exact) mass is 265 g/mol. The lowest BCUT2D eigenvalue weighted by atomic mass is 10.2. The minimum absolute atomic E-state index is 0.0351. The van der Waals surface area contributed by atoms with E-state index < -0.39 is 0 Å². The number of aryl methyl sites for hydroxylation is 2. The average molecular weight is 265 g/mol. The van der Waals surface area contributed by atoms with Crippen molar-refractivity contribution < 1.29 is 4.79 Å². The molecule has 2 N–H and O–H groups in total. The van der Waals surface area contributed by atoms with E-state index in [-0.39, 0.29) is 5.91 Å². The van der Waals surface area contributed by atoms with Crippen LogP contribution in [0.4, 0.5) is 5.69 Å². The highest BCUT2D eigenvalue weighted by Gasteiger charge is 2.21. The summed E-state index contributed by atoms with van der Waals surface area (Å²) in [6, 6.07) is 0.399. The van der Waals surface area contributed by atoms with Crippen molar-refractivity contribution in [3.8, 4) is 0 Å². The number of nitrogens with zero attached hydrogens (tertiary/aromatic N) is 3. The van der Waals surface area contributed by atoms with E-state index >= 15 is 0 Å². The molecule has 0 spiro atoms. The fraction of sp³-hybridized carbons (Fsp3) is 0.692.